The third kappa shape index (κ3) is 5.06. The smallest absolute Gasteiger partial charge is 0.326 e. The molecule has 1 rings (SSSR count). The largest absolute Gasteiger partial charge is 0.465 e. The number of rotatable bonds is 8. The molecule has 1 N–H and O–H groups in total. The van der Waals surface area contributed by atoms with Gasteiger partial charge in [0.2, 0.25) is 0 Å². The van der Waals surface area contributed by atoms with Gasteiger partial charge in [-0.15, -0.1) is 0 Å². The van der Waals surface area contributed by atoms with Crippen molar-refractivity contribution in [2.75, 3.05) is 32.8 Å². The predicted octanol–water partition coefficient (Wildman–Crippen LogP) is 2.57. The molecule has 0 radical (unpaired) electrons. The summed E-state index contributed by atoms with van der Waals surface area (Å²) in [6.45, 7) is 10.7. The molecule has 20 heavy (non-hydrogen) atoms. The monoisotopic (exact) mass is 284 g/mol. The highest BCUT2D eigenvalue weighted by molar-refractivity contribution is 5.80. The van der Waals surface area contributed by atoms with Crippen molar-refractivity contribution in [1.82, 2.24) is 10.2 Å². The number of carbonyl (C=O) groups excluding carboxylic acids is 1. The first kappa shape index (κ1) is 17.4. The summed E-state index contributed by atoms with van der Waals surface area (Å²) in [6, 6.07) is 0. The number of esters is 1. The lowest BCUT2D eigenvalue weighted by molar-refractivity contribution is -0.152. The third-order valence-corrected chi connectivity index (χ3v) is 4.41. The molecule has 0 aliphatic heterocycles. The minimum atomic E-state index is -0.431. The minimum absolute atomic E-state index is 0.0403. The van der Waals surface area contributed by atoms with Crippen LogP contribution in [0.1, 0.15) is 59.3 Å². The quantitative estimate of drug-likeness (QED) is 0.549. The lowest BCUT2D eigenvalue weighted by Crippen LogP contribution is -2.54. The van der Waals surface area contributed by atoms with Gasteiger partial charge in [-0.25, -0.2) is 0 Å². The summed E-state index contributed by atoms with van der Waals surface area (Å²) in [7, 11) is 0. The Morgan fingerprint density at radius 2 is 1.70 bits per heavy atom. The number of ether oxygens (including phenoxy) is 1. The van der Waals surface area contributed by atoms with Crippen LogP contribution >= 0.6 is 0 Å². The molecule has 118 valence electrons. The molecule has 0 aromatic heterocycles. The van der Waals surface area contributed by atoms with E-state index in [0.717, 1.165) is 51.9 Å². The highest BCUT2D eigenvalue weighted by Crippen LogP contribution is 2.28. The molecule has 0 unspecified atom stereocenters. The lowest BCUT2D eigenvalue weighted by atomic mass is 9.90. The first-order chi connectivity index (χ1) is 9.68. The van der Waals surface area contributed by atoms with Gasteiger partial charge in [0, 0.05) is 13.1 Å². The second-order valence-electron chi connectivity index (χ2n) is 5.67. The fourth-order valence-corrected chi connectivity index (χ4v) is 3.05. The maximum Gasteiger partial charge on any atom is 0.326 e. The first-order valence-corrected chi connectivity index (χ1v) is 8.33. The van der Waals surface area contributed by atoms with E-state index in [4.69, 9.17) is 4.74 Å². The van der Waals surface area contributed by atoms with Crippen LogP contribution in [-0.4, -0.2) is 49.2 Å². The summed E-state index contributed by atoms with van der Waals surface area (Å²) in [5, 5.41) is 3.54. The summed E-state index contributed by atoms with van der Waals surface area (Å²) in [4.78, 5) is 14.8. The molecule has 1 aliphatic rings. The summed E-state index contributed by atoms with van der Waals surface area (Å²) >= 11 is 0. The molecule has 0 amide bonds. The van der Waals surface area contributed by atoms with Crippen molar-refractivity contribution in [1.29, 1.82) is 0 Å². The zero-order valence-corrected chi connectivity index (χ0v) is 13.5. The summed E-state index contributed by atoms with van der Waals surface area (Å²) < 4.78 is 5.34. The Hall–Kier alpha value is -0.610. The van der Waals surface area contributed by atoms with Crippen molar-refractivity contribution in [3.63, 3.8) is 0 Å². The Balaban J connectivity index is 2.59. The van der Waals surface area contributed by atoms with E-state index in [-0.39, 0.29) is 5.97 Å². The molecule has 0 heterocycles. The van der Waals surface area contributed by atoms with Crippen molar-refractivity contribution in [3.05, 3.63) is 0 Å². The second kappa shape index (κ2) is 9.35. The van der Waals surface area contributed by atoms with Crippen LogP contribution in [0.15, 0.2) is 0 Å². The van der Waals surface area contributed by atoms with Gasteiger partial charge in [-0.2, -0.15) is 0 Å². The second-order valence-corrected chi connectivity index (χ2v) is 5.67. The lowest BCUT2D eigenvalue weighted by Gasteiger charge is -2.32. The standard InChI is InChI=1S/C16H32N2O2/c1-4-18(5-2)14-13-17-16(15(19)20-6-3)11-9-7-8-10-12-16/h17H,4-14H2,1-3H3. The molecule has 0 saturated heterocycles. The van der Waals surface area contributed by atoms with Gasteiger partial charge in [0.25, 0.3) is 0 Å². The number of nitrogens with one attached hydrogen (secondary N) is 1. The number of nitrogens with zero attached hydrogens (tertiary/aromatic N) is 1. The van der Waals surface area contributed by atoms with E-state index in [1.165, 1.54) is 12.8 Å². The Morgan fingerprint density at radius 1 is 1.10 bits per heavy atom. The van der Waals surface area contributed by atoms with Gasteiger partial charge in [0.1, 0.15) is 5.54 Å². The van der Waals surface area contributed by atoms with Crippen molar-refractivity contribution >= 4 is 5.97 Å². The molecule has 1 fully saturated rings. The van der Waals surface area contributed by atoms with Crippen molar-refractivity contribution in [2.45, 2.75) is 64.8 Å². The maximum absolute atomic E-state index is 12.4. The predicted molar refractivity (Wildman–Crippen MR) is 82.9 cm³/mol. The van der Waals surface area contributed by atoms with E-state index in [1.54, 1.807) is 0 Å². The molecule has 0 aromatic rings. The van der Waals surface area contributed by atoms with Crippen LogP contribution in [0, 0.1) is 0 Å². The van der Waals surface area contributed by atoms with Crippen LogP contribution < -0.4 is 5.32 Å². The van der Waals surface area contributed by atoms with Crippen LogP contribution in [0.5, 0.6) is 0 Å². The van der Waals surface area contributed by atoms with Gasteiger partial charge in [0.15, 0.2) is 0 Å². The van der Waals surface area contributed by atoms with Crippen molar-refractivity contribution < 1.29 is 9.53 Å². The number of carbonyl (C=O) groups is 1. The summed E-state index contributed by atoms with van der Waals surface area (Å²) in [6.07, 6.45) is 6.56. The van der Waals surface area contributed by atoms with E-state index in [1.807, 2.05) is 6.92 Å². The number of likely N-dealkylation sites (N-methyl/N-ethyl adjacent to an activating group) is 1. The summed E-state index contributed by atoms with van der Waals surface area (Å²) in [5.74, 6) is -0.0403. The van der Waals surface area contributed by atoms with E-state index >= 15 is 0 Å². The Kier molecular flexibility index (Phi) is 8.15. The first-order valence-electron chi connectivity index (χ1n) is 8.33. The van der Waals surface area contributed by atoms with E-state index < -0.39 is 5.54 Å². The Bertz CT molecular complexity index is 270. The van der Waals surface area contributed by atoms with E-state index in [0.29, 0.717) is 6.61 Å². The van der Waals surface area contributed by atoms with Crippen LogP contribution in [-0.2, 0) is 9.53 Å². The van der Waals surface area contributed by atoms with Gasteiger partial charge in [-0.1, -0.05) is 39.5 Å². The molecule has 1 saturated carbocycles. The van der Waals surface area contributed by atoms with E-state index in [9.17, 15) is 4.79 Å². The van der Waals surface area contributed by atoms with Crippen molar-refractivity contribution in [3.8, 4) is 0 Å². The van der Waals surface area contributed by atoms with Crippen LogP contribution in [0.3, 0.4) is 0 Å². The van der Waals surface area contributed by atoms with Gasteiger partial charge in [0.05, 0.1) is 6.61 Å². The molecule has 0 bridgehead atoms. The Labute approximate surface area is 124 Å². The highest BCUT2D eigenvalue weighted by atomic mass is 16.5. The van der Waals surface area contributed by atoms with E-state index in [2.05, 4.69) is 24.1 Å². The number of hydrogen-bond donors (Lipinski definition) is 1. The van der Waals surface area contributed by atoms with Gasteiger partial charge in [-0.3, -0.25) is 4.79 Å². The average Bonchev–Trinajstić information content (AvgIpc) is 2.70. The molecule has 1 aliphatic carbocycles. The van der Waals surface area contributed by atoms with Crippen LogP contribution in [0.25, 0.3) is 0 Å². The molecule has 4 heteroatoms. The van der Waals surface area contributed by atoms with Gasteiger partial charge < -0.3 is 15.0 Å². The molecule has 0 spiro atoms. The zero-order valence-electron chi connectivity index (χ0n) is 13.5. The van der Waals surface area contributed by atoms with Crippen LogP contribution in [0.2, 0.25) is 0 Å². The SMILES string of the molecule is CCOC(=O)C1(NCCN(CC)CC)CCCCCC1. The molecular weight excluding hydrogens is 252 g/mol. The molecular formula is C16H32N2O2. The maximum atomic E-state index is 12.4. The fraction of sp³-hybridized carbons (Fsp3) is 0.938. The topological polar surface area (TPSA) is 41.6 Å². The van der Waals surface area contributed by atoms with Crippen LogP contribution in [0.4, 0.5) is 0 Å². The average molecular weight is 284 g/mol. The minimum Gasteiger partial charge on any atom is -0.465 e. The number of hydrogen-bond acceptors (Lipinski definition) is 4. The van der Waals surface area contributed by atoms with Gasteiger partial charge in [-0.05, 0) is 32.9 Å². The molecule has 0 atom stereocenters. The third-order valence-electron chi connectivity index (χ3n) is 4.41. The van der Waals surface area contributed by atoms with Crippen molar-refractivity contribution in [2.24, 2.45) is 0 Å². The molecule has 0 aromatic carbocycles. The summed E-state index contributed by atoms with van der Waals surface area (Å²) in [5.41, 5.74) is -0.431. The van der Waals surface area contributed by atoms with Gasteiger partial charge >= 0.3 is 5.97 Å². The Morgan fingerprint density at radius 3 is 2.20 bits per heavy atom. The highest BCUT2D eigenvalue weighted by Gasteiger charge is 2.39. The normalized spacial score (nSPS) is 18.8. The fourth-order valence-electron chi connectivity index (χ4n) is 3.05. The molecule has 4 nitrogen and oxygen atoms in total. The zero-order chi connectivity index (χ0) is 14.8.